The summed E-state index contributed by atoms with van der Waals surface area (Å²) in [5.74, 6) is 0.622. The first kappa shape index (κ1) is 13.2. The first-order valence-electron chi connectivity index (χ1n) is 6.53. The van der Waals surface area contributed by atoms with Gasteiger partial charge in [0.1, 0.15) is 5.82 Å². The van der Waals surface area contributed by atoms with E-state index in [0.717, 1.165) is 18.5 Å². The van der Waals surface area contributed by atoms with E-state index < -0.39 is 0 Å². The summed E-state index contributed by atoms with van der Waals surface area (Å²) >= 11 is 0. The van der Waals surface area contributed by atoms with Gasteiger partial charge in [-0.1, -0.05) is 5.16 Å². The van der Waals surface area contributed by atoms with Gasteiger partial charge in [0.25, 0.3) is 0 Å². The predicted molar refractivity (Wildman–Crippen MR) is 70.6 cm³/mol. The van der Waals surface area contributed by atoms with Crippen LogP contribution in [0.15, 0.2) is 22.7 Å². The van der Waals surface area contributed by atoms with Crippen LogP contribution in [0.1, 0.15) is 23.9 Å². The van der Waals surface area contributed by atoms with Crippen LogP contribution >= 0.6 is 0 Å². The van der Waals surface area contributed by atoms with Crippen molar-refractivity contribution in [3.05, 3.63) is 35.5 Å². The molecule has 1 aliphatic heterocycles. The molecule has 1 aromatic carbocycles. The Kier molecular flexibility index (Phi) is 3.50. The molecule has 3 rings (SSSR count). The van der Waals surface area contributed by atoms with Crippen LogP contribution in [0.5, 0.6) is 0 Å². The zero-order valence-electron chi connectivity index (χ0n) is 11.4. The number of aryl methyl sites for hydroxylation is 1. The normalized spacial score (nSPS) is 22.4. The van der Waals surface area contributed by atoms with Crippen molar-refractivity contribution in [3.63, 3.8) is 0 Å². The Morgan fingerprint density at radius 1 is 1.40 bits per heavy atom. The van der Waals surface area contributed by atoms with Crippen LogP contribution in [-0.4, -0.2) is 29.9 Å². The van der Waals surface area contributed by atoms with Crippen LogP contribution in [0.4, 0.5) is 4.39 Å². The summed E-state index contributed by atoms with van der Waals surface area (Å²) in [7, 11) is 1.68. The number of aromatic nitrogens is 2. The Labute approximate surface area is 116 Å². The van der Waals surface area contributed by atoms with Crippen LogP contribution < -0.4 is 5.32 Å². The zero-order valence-corrected chi connectivity index (χ0v) is 11.4. The molecule has 6 heteroatoms. The van der Waals surface area contributed by atoms with Crippen LogP contribution in [0.2, 0.25) is 0 Å². The molecule has 0 bridgehead atoms. The minimum atomic E-state index is -0.301. The maximum Gasteiger partial charge on any atom is 0.244 e. The molecule has 5 nitrogen and oxygen atoms in total. The lowest BCUT2D eigenvalue weighted by molar-refractivity contribution is 0.116. The Balaban J connectivity index is 1.83. The van der Waals surface area contributed by atoms with E-state index >= 15 is 0 Å². The highest BCUT2D eigenvalue weighted by atomic mass is 19.1. The fourth-order valence-electron chi connectivity index (χ4n) is 2.43. The number of hydrogen-bond acceptors (Lipinski definition) is 5. The molecular formula is C14H16FN3O2. The highest BCUT2D eigenvalue weighted by molar-refractivity contribution is 5.55. The van der Waals surface area contributed by atoms with Gasteiger partial charge in [0.15, 0.2) is 0 Å². The molecule has 1 saturated heterocycles. The lowest BCUT2D eigenvalue weighted by Gasteiger charge is -2.04. The molecule has 2 atom stereocenters. The molecule has 1 aliphatic rings. The summed E-state index contributed by atoms with van der Waals surface area (Å²) in [4.78, 5) is 4.35. The van der Waals surface area contributed by atoms with Gasteiger partial charge < -0.3 is 14.6 Å². The van der Waals surface area contributed by atoms with Gasteiger partial charge >= 0.3 is 0 Å². The first-order chi connectivity index (χ1) is 9.65. The molecule has 2 heterocycles. The SMILES string of the molecule is COC1CNC(c2nc(-c3cc(C)cc(F)c3)no2)C1. The van der Waals surface area contributed by atoms with Crippen molar-refractivity contribution in [1.29, 1.82) is 0 Å². The van der Waals surface area contributed by atoms with Crippen molar-refractivity contribution in [2.75, 3.05) is 13.7 Å². The number of ether oxygens (including phenoxy) is 1. The van der Waals surface area contributed by atoms with E-state index in [2.05, 4.69) is 15.5 Å². The largest absolute Gasteiger partial charge is 0.380 e. The van der Waals surface area contributed by atoms with Gasteiger partial charge in [-0.3, -0.25) is 0 Å². The average molecular weight is 277 g/mol. The predicted octanol–water partition coefficient (Wildman–Crippen LogP) is 2.23. The lowest BCUT2D eigenvalue weighted by Crippen LogP contribution is -2.16. The van der Waals surface area contributed by atoms with Crippen molar-refractivity contribution in [3.8, 4) is 11.4 Å². The molecule has 2 aromatic rings. The molecular weight excluding hydrogens is 261 g/mol. The topological polar surface area (TPSA) is 60.2 Å². The summed E-state index contributed by atoms with van der Waals surface area (Å²) in [6.07, 6.45) is 0.951. The molecule has 106 valence electrons. The molecule has 1 fully saturated rings. The number of benzene rings is 1. The fourth-order valence-corrected chi connectivity index (χ4v) is 2.43. The van der Waals surface area contributed by atoms with Gasteiger partial charge in [-0.05, 0) is 37.1 Å². The summed E-state index contributed by atoms with van der Waals surface area (Å²) in [6.45, 7) is 2.59. The molecule has 1 N–H and O–H groups in total. The number of nitrogens with one attached hydrogen (secondary N) is 1. The van der Waals surface area contributed by atoms with Gasteiger partial charge in [-0.15, -0.1) is 0 Å². The van der Waals surface area contributed by atoms with E-state index in [1.54, 1.807) is 7.11 Å². The second-order valence-electron chi connectivity index (χ2n) is 5.03. The molecule has 2 unspecified atom stereocenters. The van der Waals surface area contributed by atoms with Crippen LogP contribution in [0, 0.1) is 12.7 Å². The fraction of sp³-hybridized carbons (Fsp3) is 0.429. The molecule has 0 amide bonds. The Morgan fingerprint density at radius 2 is 2.25 bits per heavy atom. The third kappa shape index (κ3) is 2.57. The second kappa shape index (κ2) is 5.30. The van der Waals surface area contributed by atoms with Gasteiger partial charge in [0.05, 0.1) is 12.1 Å². The standard InChI is InChI=1S/C14H16FN3O2/c1-8-3-9(5-10(15)4-8)13-17-14(20-18-13)12-6-11(19-2)7-16-12/h3-5,11-12,16H,6-7H2,1-2H3. The molecule has 1 aromatic heterocycles. The minimum Gasteiger partial charge on any atom is -0.380 e. The highest BCUT2D eigenvalue weighted by Crippen LogP contribution is 2.26. The van der Waals surface area contributed by atoms with Crippen LogP contribution in [-0.2, 0) is 4.74 Å². The summed E-state index contributed by atoms with van der Waals surface area (Å²) in [5, 5.41) is 7.20. The smallest absolute Gasteiger partial charge is 0.244 e. The van der Waals surface area contributed by atoms with E-state index in [1.165, 1.54) is 12.1 Å². The van der Waals surface area contributed by atoms with Crippen molar-refractivity contribution < 1.29 is 13.7 Å². The monoisotopic (exact) mass is 277 g/mol. The second-order valence-corrected chi connectivity index (χ2v) is 5.03. The number of methoxy groups -OCH3 is 1. The maximum absolute atomic E-state index is 13.4. The van der Waals surface area contributed by atoms with E-state index in [9.17, 15) is 4.39 Å². The molecule has 0 saturated carbocycles. The van der Waals surface area contributed by atoms with Gasteiger partial charge in [-0.25, -0.2) is 4.39 Å². The van der Waals surface area contributed by atoms with Crippen molar-refractivity contribution in [2.45, 2.75) is 25.5 Å². The number of hydrogen-bond donors (Lipinski definition) is 1. The lowest BCUT2D eigenvalue weighted by atomic mass is 10.1. The van der Waals surface area contributed by atoms with E-state index in [1.807, 2.05) is 13.0 Å². The summed E-state index contributed by atoms with van der Waals surface area (Å²) < 4.78 is 24.0. The van der Waals surface area contributed by atoms with Crippen molar-refractivity contribution >= 4 is 0 Å². The maximum atomic E-state index is 13.4. The third-order valence-corrected chi connectivity index (χ3v) is 3.46. The van der Waals surface area contributed by atoms with Gasteiger partial charge in [0, 0.05) is 19.2 Å². The Morgan fingerprint density at radius 3 is 2.95 bits per heavy atom. The molecule has 0 spiro atoms. The van der Waals surface area contributed by atoms with Crippen molar-refractivity contribution in [2.24, 2.45) is 0 Å². The Hall–Kier alpha value is -1.79. The average Bonchev–Trinajstić information content (AvgIpc) is 3.06. The third-order valence-electron chi connectivity index (χ3n) is 3.46. The summed E-state index contributed by atoms with van der Waals surface area (Å²) in [6, 6.07) is 4.70. The zero-order chi connectivity index (χ0) is 14.1. The quantitative estimate of drug-likeness (QED) is 0.932. The van der Waals surface area contributed by atoms with Crippen LogP contribution in [0.25, 0.3) is 11.4 Å². The van der Waals surface area contributed by atoms with E-state index in [-0.39, 0.29) is 18.0 Å². The Bertz CT molecular complexity index is 594. The van der Waals surface area contributed by atoms with E-state index in [4.69, 9.17) is 9.26 Å². The molecule has 20 heavy (non-hydrogen) atoms. The molecule has 0 radical (unpaired) electrons. The van der Waals surface area contributed by atoms with Crippen molar-refractivity contribution in [1.82, 2.24) is 15.5 Å². The highest BCUT2D eigenvalue weighted by Gasteiger charge is 2.29. The number of halogens is 1. The first-order valence-corrected chi connectivity index (χ1v) is 6.53. The molecule has 0 aliphatic carbocycles. The van der Waals surface area contributed by atoms with E-state index in [0.29, 0.717) is 17.3 Å². The number of nitrogens with zero attached hydrogens (tertiary/aromatic N) is 2. The summed E-state index contributed by atoms with van der Waals surface area (Å²) in [5.41, 5.74) is 1.45. The minimum absolute atomic E-state index is 0.00384. The van der Waals surface area contributed by atoms with Gasteiger partial charge in [0.2, 0.25) is 11.7 Å². The number of rotatable bonds is 3. The van der Waals surface area contributed by atoms with Crippen LogP contribution in [0.3, 0.4) is 0 Å². The van der Waals surface area contributed by atoms with Gasteiger partial charge in [-0.2, -0.15) is 4.98 Å².